The summed E-state index contributed by atoms with van der Waals surface area (Å²) < 4.78 is 29.5. The smallest absolute Gasteiger partial charge is 0.204 e. The van der Waals surface area contributed by atoms with E-state index < -0.39 is 6.10 Å². The van der Waals surface area contributed by atoms with E-state index in [1.165, 1.54) is 14.2 Å². The van der Waals surface area contributed by atoms with Crippen LogP contribution in [0.15, 0.2) is 115 Å². The minimum absolute atomic E-state index is 0.122. The zero-order valence-electron chi connectivity index (χ0n) is 24.1. The van der Waals surface area contributed by atoms with E-state index in [1.807, 2.05) is 91.0 Å². The standard InChI is InChI=1S/C36H34O7/c1-39-31-20-28(41-22-25-12-6-3-7-13-25)21-32(40-2)33(31)34(37)29-18-19-30(42-23-26-14-8-4-9-15-26)36(35(29)38)43-24-27-16-10-5-11-17-27/h3-21,34,37-38H,22-24H2,1-2H3. The third kappa shape index (κ3) is 7.20. The fourth-order valence-electron chi connectivity index (χ4n) is 4.67. The molecule has 1 atom stereocenters. The summed E-state index contributed by atoms with van der Waals surface area (Å²) in [6.45, 7) is 0.814. The molecule has 0 radical (unpaired) electrons. The van der Waals surface area contributed by atoms with Gasteiger partial charge in [-0.25, -0.2) is 0 Å². The fraction of sp³-hybridized carbons (Fsp3) is 0.167. The van der Waals surface area contributed by atoms with Crippen LogP contribution in [-0.2, 0) is 19.8 Å². The maximum atomic E-state index is 11.6. The van der Waals surface area contributed by atoms with Crippen molar-refractivity contribution < 1.29 is 33.9 Å². The summed E-state index contributed by atoms with van der Waals surface area (Å²) >= 11 is 0. The molecule has 2 N–H and O–H groups in total. The van der Waals surface area contributed by atoms with Crippen LogP contribution < -0.4 is 23.7 Å². The Kier molecular flexibility index (Phi) is 9.67. The van der Waals surface area contributed by atoms with Crippen LogP contribution in [0.3, 0.4) is 0 Å². The Morgan fingerprint density at radius 3 is 1.51 bits per heavy atom. The Balaban J connectivity index is 1.46. The van der Waals surface area contributed by atoms with Gasteiger partial charge < -0.3 is 33.9 Å². The second kappa shape index (κ2) is 14.2. The van der Waals surface area contributed by atoms with Gasteiger partial charge in [0, 0.05) is 17.7 Å². The van der Waals surface area contributed by atoms with Gasteiger partial charge in [0.15, 0.2) is 11.5 Å². The lowest BCUT2D eigenvalue weighted by Gasteiger charge is -2.22. The molecule has 0 aliphatic heterocycles. The van der Waals surface area contributed by atoms with Crippen LogP contribution in [0.4, 0.5) is 0 Å². The molecule has 0 aliphatic rings. The minimum Gasteiger partial charge on any atom is -0.504 e. The molecule has 0 spiro atoms. The monoisotopic (exact) mass is 578 g/mol. The van der Waals surface area contributed by atoms with Crippen LogP contribution in [-0.4, -0.2) is 24.4 Å². The molecule has 0 saturated heterocycles. The van der Waals surface area contributed by atoms with Gasteiger partial charge >= 0.3 is 0 Å². The van der Waals surface area contributed by atoms with Crippen LogP contribution in [0.2, 0.25) is 0 Å². The molecular formula is C36H34O7. The Bertz CT molecular complexity index is 1580. The maximum Gasteiger partial charge on any atom is 0.204 e. The van der Waals surface area contributed by atoms with Crippen LogP contribution >= 0.6 is 0 Å². The van der Waals surface area contributed by atoms with Gasteiger partial charge in [0.2, 0.25) is 5.75 Å². The summed E-state index contributed by atoms with van der Waals surface area (Å²) in [6, 6.07) is 35.7. The van der Waals surface area contributed by atoms with Gasteiger partial charge in [0.25, 0.3) is 0 Å². The molecule has 0 aliphatic carbocycles. The summed E-state index contributed by atoms with van der Waals surface area (Å²) in [5.41, 5.74) is 3.41. The Labute approximate surface area is 251 Å². The van der Waals surface area contributed by atoms with E-state index in [0.29, 0.717) is 35.2 Å². The van der Waals surface area contributed by atoms with Gasteiger partial charge in [-0.15, -0.1) is 0 Å². The molecule has 5 aromatic carbocycles. The van der Waals surface area contributed by atoms with Crippen molar-refractivity contribution in [3.8, 4) is 34.5 Å². The van der Waals surface area contributed by atoms with Crippen molar-refractivity contribution in [1.29, 1.82) is 0 Å². The predicted molar refractivity (Wildman–Crippen MR) is 164 cm³/mol. The Hall–Kier alpha value is -5.14. The largest absolute Gasteiger partial charge is 0.504 e. The molecule has 0 heterocycles. The van der Waals surface area contributed by atoms with E-state index in [0.717, 1.165) is 16.7 Å². The molecule has 5 aromatic rings. The third-order valence-electron chi connectivity index (χ3n) is 6.92. The van der Waals surface area contributed by atoms with E-state index >= 15 is 0 Å². The SMILES string of the molecule is COc1cc(OCc2ccccc2)cc(OC)c1C(O)c1ccc(OCc2ccccc2)c(OCc2ccccc2)c1O. The number of methoxy groups -OCH3 is 2. The van der Waals surface area contributed by atoms with Gasteiger partial charge in [-0.3, -0.25) is 0 Å². The minimum atomic E-state index is -1.32. The average Bonchev–Trinajstić information content (AvgIpc) is 3.06. The van der Waals surface area contributed by atoms with E-state index in [1.54, 1.807) is 24.3 Å². The number of aliphatic hydroxyl groups excluding tert-OH is 1. The number of aromatic hydroxyl groups is 1. The number of rotatable bonds is 13. The fourth-order valence-corrected chi connectivity index (χ4v) is 4.67. The first kappa shape index (κ1) is 29.4. The lowest BCUT2D eigenvalue weighted by Crippen LogP contribution is -2.08. The molecule has 7 nitrogen and oxygen atoms in total. The van der Waals surface area contributed by atoms with Gasteiger partial charge in [-0.2, -0.15) is 0 Å². The first-order valence-electron chi connectivity index (χ1n) is 13.9. The highest BCUT2D eigenvalue weighted by Crippen LogP contribution is 2.47. The van der Waals surface area contributed by atoms with Crippen molar-refractivity contribution >= 4 is 0 Å². The highest BCUT2D eigenvalue weighted by Gasteiger charge is 2.27. The zero-order chi connectivity index (χ0) is 30.0. The van der Waals surface area contributed by atoms with Gasteiger partial charge in [-0.05, 0) is 28.8 Å². The topological polar surface area (TPSA) is 86.6 Å². The zero-order valence-corrected chi connectivity index (χ0v) is 24.1. The van der Waals surface area contributed by atoms with Crippen LogP contribution in [0.1, 0.15) is 33.9 Å². The maximum absolute atomic E-state index is 11.6. The van der Waals surface area contributed by atoms with Crippen molar-refractivity contribution in [3.63, 3.8) is 0 Å². The first-order chi connectivity index (χ1) is 21.1. The van der Waals surface area contributed by atoms with Crippen molar-refractivity contribution in [2.75, 3.05) is 14.2 Å². The number of benzene rings is 5. The van der Waals surface area contributed by atoms with Crippen molar-refractivity contribution in [3.05, 3.63) is 143 Å². The van der Waals surface area contributed by atoms with E-state index in [4.69, 9.17) is 23.7 Å². The van der Waals surface area contributed by atoms with E-state index in [-0.39, 0.29) is 30.3 Å². The lowest BCUT2D eigenvalue weighted by molar-refractivity contribution is 0.199. The van der Waals surface area contributed by atoms with Crippen molar-refractivity contribution in [1.82, 2.24) is 0 Å². The van der Waals surface area contributed by atoms with Crippen LogP contribution in [0.5, 0.6) is 34.5 Å². The van der Waals surface area contributed by atoms with Crippen LogP contribution in [0.25, 0.3) is 0 Å². The molecule has 1 unspecified atom stereocenters. The highest BCUT2D eigenvalue weighted by atomic mass is 16.5. The molecule has 7 heteroatoms. The lowest BCUT2D eigenvalue weighted by atomic mass is 9.97. The molecule has 0 amide bonds. The molecule has 0 aromatic heterocycles. The Morgan fingerprint density at radius 1 is 0.558 bits per heavy atom. The highest BCUT2D eigenvalue weighted by molar-refractivity contribution is 5.60. The molecule has 0 bridgehead atoms. The summed E-state index contributed by atoms with van der Waals surface area (Å²) in [4.78, 5) is 0. The van der Waals surface area contributed by atoms with Crippen molar-refractivity contribution in [2.45, 2.75) is 25.9 Å². The first-order valence-corrected chi connectivity index (χ1v) is 13.9. The Morgan fingerprint density at radius 2 is 1.02 bits per heavy atom. The van der Waals surface area contributed by atoms with Gasteiger partial charge in [-0.1, -0.05) is 91.0 Å². The molecular weight excluding hydrogens is 544 g/mol. The normalized spacial score (nSPS) is 11.4. The summed E-state index contributed by atoms with van der Waals surface area (Å²) in [5, 5.41) is 23.1. The summed E-state index contributed by atoms with van der Waals surface area (Å²) in [5.74, 6) is 1.40. The second-order valence-electron chi connectivity index (χ2n) is 9.80. The molecule has 0 saturated carbocycles. The van der Waals surface area contributed by atoms with Crippen molar-refractivity contribution in [2.24, 2.45) is 0 Å². The summed E-state index contributed by atoms with van der Waals surface area (Å²) in [6.07, 6.45) is -1.32. The number of aliphatic hydroxyl groups is 1. The number of ether oxygens (including phenoxy) is 5. The number of phenols is 1. The number of phenolic OH excluding ortho intramolecular Hbond substituents is 1. The quantitative estimate of drug-likeness (QED) is 0.152. The predicted octanol–water partition coefficient (Wildman–Crippen LogP) is 7.23. The summed E-state index contributed by atoms with van der Waals surface area (Å²) in [7, 11) is 3.00. The molecule has 43 heavy (non-hydrogen) atoms. The van der Waals surface area contributed by atoms with E-state index in [9.17, 15) is 10.2 Å². The molecule has 220 valence electrons. The van der Waals surface area contributed by atoms with Gasteiger partial charge in [0.05, 0.1) is 19.8 Å². The molecule has 0 fully saturated rings. The number of hydrogen-bond acceptors (Lipinski definition) is 7. The average molecular weight is 579 g/mol. The van der Waals surface area contributed by atoms with E-state index in [2.05, 4.69) is 0 Å². The second-order valence-corrected chi connectivity index (χ2v) is 9.80. The van der Waals surface area contributed by atoms with Gasteiger partial charge in [0.1, 0.15) is 43.2 Å². The van der Waals surface area contributed by atoms with Crippen LogP contribution in [0, 0.1) is 0 Å². The third-order valence-corrected chi connectivity index (χ3v) is 6.92. The number of hydrogen-bond donors (Lipinski definition) is 2. The molecule has 5 rings (SSSR count).